The zero-order valence-electron chi connectivity index (χ0n) is 15.5. The van der Waals surface area contributed by atoms with E-state index in [4.69, 9.17) is 18.4 Å². The Hall–Kier alpha value is -1.81. The molecule has 1 fully saturated rings. The summed E-state index contributed by atoms with van der Waals surface area (Å²) in [5.74, 6) is 0. The van der Waals surface area contributed by atoms with Gasteiger partial charge in [-0.05, 0) is 11.1 Å². The second-order valence-corrected chi connectivity index (χ2v) is 8.19. The molecule has 0 aliphatic carbocycles. The molecule has 1 unspecified atom stereocenters. The minimum absolute atomic E-state index is 0.120. The molecule has 2 aromatic rings. The first-order valence-electron chi connectivity index (χ1n) is 8.91. The smallest absolute Gasteiger partial charge is 0.264 e. The van der Waals surface area contributed by atoms with Crippen LogP contribution in [0, 0.1) is 0 Å². The molecular formula is C20H24O7S. The fourth-order valence-electron chi connectivity index (χ4n) is 2.98. The molecule has 0 saturated carbocycles. The van der Waals surface area contributed by atoms with Crippen molar-refractivity contribution in [2.75, 3.05) is 12.9 Å². The number of benzene rings is 2. The van der Waals surface area contributed by atoms with Crippen LogP contribution < -0.4 is 0 Å². The Morgan fingerprint density at radius 3 is 2.07 bits per heavy atom. The largest absolute Gasteiger partial charge is 0.374 e. The monoisotopic (exact) mass is 408 g/mol. The lowest BCUT2D eigenvalue weighted by molar-refractivity contribution is -0.133. The summed E-state index contributed by atoms with van der Waals surface area (Å²) >= 11 is 0. The minimum atomic E-state index is -3.80. The molecule has 0 spiro atoms. The lowest BCUT2D eigenvalue weighted by atomic mass is 10.1. The van der Waals surface area contributed by atoms with Crippen molar-refractivity contribution in [1.29, 1.82) is 0 Å². The van der Waals surface area contributed by atoms with Crippen LogP contribution in [-0.4, -0.2) is 51.0 Å². The van der Waals surface area contributed by atoms with Gasteiger partial charge in [0.05, 0.1) is 26.1 Å². The molecule has 1 aliphatic rings. The maximum absolute atomic E-state index is 11.6. The summed E-state index contributed by atoms with van der Waals surface area (Å²) in [6, 6.07) is 19.0. The van der Waals surface area contributed by atoms with Gasteiger partial charge in [-0.1, -0.05) is 60.7 Å². The molecule has 1 aliphatic heterocycles. The van der Waals surface area contributed by atoms with E-state index in [9.17, 15) is 13.5 Å². The summed E-state index contributed by atoms with van der Waals surface area (Å²) < 4.78 is 45.2. The summed E-state index contributed by atoms with van der Waals surface area (Å²) in [6.07, 6.45) is -3.15. The van der Waals surface area contributed by atoms with Crippen LogP contribution in [0.2, 0.25) is 0 Å². The molecule has 3 rings (SSSR count). The standard InChI is InChI=1S/C20H24O7S/c1-28(22,23)27-19-18(25-13-16-10-6-3-7-11-16)17(26-20(19)21)14-24-12-15-8-4-2-5-9-15/h2-11,17-21H,12-14H2,1H3/t17-,18-,19+,20?/m0/s1. The van der Waals surface area contributed by atoms with Crippen LogP contribution in [0.3, 0.4) is 0 Å². The van der Waals surface area contributed by atoms with Crippen molar-refractivity contribution in [2.45, 2.75) is 37.8 Å². The zero-order chi connectivity index (χ0) is 20.0. The normalized spacial score (nSPS) is 25.1. The molecular weight excluding hydrogens is 384 g/mol. The first-order chi connectivity index (χ1) is 13.4. The van der Waals surface area contributed by atoms with E-state index in [2.05, 4.69) is 0 Å². The Balaban J connectivity index is 1.65. The average molecular weight is 408 g/mol. The molecule has 28 heavy (non-hydrogen) atoms. The van der Waals surface area contributed by atoms with Crippen LogP contribution >= 0.6 is 0 Å². The van der Waals surface area contributed by atoms with E-state index in [0.29, 0.717) is 6.61 Å². The van der Waals surface area contributed by atoms with Crippen molar-refractivity contribution >= 4 is 10.1 Å². The number of hydrogen-bond donors (Lipinski definition) is 1. The highest BCUT2D eigenvalue weighted by atomic mass is 32.2. The maximum atomic E-state index is 11.6. The molecule has 0 radical (unpaired) electrons. The predicted octanol–water partition coefficient (Wildman–Crippen LogP) is 1.85. The van der Waals surface area contributed by atoms with Gasteiger partial charge >= 0.3 is 0 Å². The van der Waals surface area contributed by atoms with Gasteiger partial charge in [0, 0.05) is 0 Å². The second-order valence-electron chi connectivity index (χ2n) is 6.59. The number of rotatable bonds is 9. The van der Waals surface area contributed by atoms with Crippen molar-refractivity contribution in [1.82, 2.24) is 0 Å². The van der Waals surface area contributed by atoms with Crippen LogP contribution in [-0.2, 0) is 41.7 Å². The number of aliphatic hydroxyl groups is 1. The predicted molar refractivity (Wildman–Crippen MR) is 102 cm³/mol. The quantitative estimate of drug-likeness (QED) is 0.633. The van der Waals surface area contributed by atoms with Crippen molar-refractivity contribution < 1.29 is 31.9 Å². The molecule has 4 atom stereocenters. The van der Waals surface area contributed by atoms with Gasteiger partial charge in [-0.3, -0.25) is 4.18 Å². The molecule has 1 N–H and O–H groups in total. The van der Waals surface area contributed by atoms with Crippen LogP contribution in [0.25, 0.3) is 0 Å². The third kappa shape index (κ3) is 6.10. The summed E-state index contributed by atoms with van der Waals surface area (Å²) in [7, 11) is -3.80. The van der Waals surface area contributed by atoms with E-state index < -0.39 is 34.7 Å². The molecule has 8 heteroatoms. The minimum Gasteiger partial charge on any atom is -0.374 e. The SMILES string of the molecule is CS(=O)(=O)O[C@H]1C(O)O[C@@H](COCc2ccccc2)[C@@H]1OCc1ccccc1. The zero-order valence-corrected chi connectivity index (χ0v) is 16.3. The molecule has 152 valence electrons. The molecule has 0 amide bonds. The van der Waals surface area contributed by atoms with Gasteiger partial charge in [0.15, 0.2) is 12.4 Å². The van der Waals surface area contributed by atoms with Crippen molar-refractivity contribution in [3.8, 4) is 0 Å². The van der Waals surface area contributed by atoms with E-state index in [1.54, 1.807) is 0 Å². The van der Waals surface area contributed by atoms with Gasteiger partial charge in [-0.2, -0.15) is 8.42 Å². The van der Waals surface area contributed by atoms with E-state index in [1.807, 2.05) is 60.7 Å². The summed E-state index contributed by atoms with van der Waals surface area (Å²) in [4.78, 5) is 0. The average Bonchev–Trinajstić information content (AvgIpc) is 2.95. The van der Waals surface area contributed by atoms with Crippen LogP contribution in [0.15, 0.2) is 60.7 Å². The van der Waals surface area contributed by atoms with Crippen molar-refractivity contribution in [3.63, 3.8) is 0 Å². The molecule has 1 saturated heterocycles. The molecule has 2 aromatic carbocycles. The Bertz CT molecular complexity index is 826. The lowest BCUT2D eigenvalue weighted by Crippen LogP contribution is -2.40. The van der Waals surface area contributed by atoms with Crippen molar-refractivity contribution in [2.24, 2.45) is 0 Å². The number of hydrogen-bond acceptors (Lipinski definition) is 7. The highest BCUT2D eigenvalue weighted by Gasteiger charge is 2.47. The highest BCUT2D eigenvalue weighted by Crippen LogP contribution is 2.28. The van der Waals surface area contributed by atoms with Crippen molar-refractivity contribution in [3.05, 3.63) is 71.8 Å². The summed E-state index contributed by atoms with van der Waals surface area (Å²) in [6.45, 7) is 0.704. The molecule has 0 bridgehead atoms. The number of aliphatic hydroxyl groups excluding tert-OH is 1. The van der Waals surface area contributed by atoms with Crippen LogP contribution in [0.1, 0.15) is 11.1 Å². The van der Waals surface area contributed by atoms with E-state index in [1.165, 1.54) is 0 Å². The fraction of sp³-hybridized carbons (Fsp3) is 0.400. The fourth-order valence-corrected chi connectivity index (χ4v) is 3.59. The van der Waals surface area contributed by atoms with Crippen LogP contribution in [0.5, 0.6) is 0 Å². The van der Waals surface area contributed by atoms with E-state index >= 15 is 0 Å². The Labute approximate surface area is 164 Å². The molecule has 7 nitrogen and oxygen atoms in total. The Morgan fingerprint density at radius 2 is 1.50 bits per heavy atom. The first kappa shape index (κ1) is 20.9. The number of ether oxygens (including phenoxy) is 3. The van der Waals surface area contributed by atoms with Gasteiger partial charge in [0.1, 0.15) is 12.2 Å². The van der Waals surface area contributed by atoms with Gasteiger partial charge in [0.25, 0.3) is 10.1 Å². The van der Waals surface area contributed by atoms with Gasteiger partial charge in [-0.25, -0.2) is 0 Å². The van der Waals surface area contributed by atoms with Crippen LogP contribution in [0.4, 0.5) is 0 Å². The van der Waals surface area contributed by atoms with E-state index in [0.717, 1.165) is 17.4 Å². The van der Waals surface area contributed by atoms with Gasteiger partial charge in [0.2, 0.25) is 0 Å². The third-order valence-electron chi connectivity index (χ3n) is 4.25. The highest BCUT2D eigenvalue weighted by molar-refractivity contribution is 7.86. The lowest BCUT2D eigenvalue weighted by Gasteiger charge is -2.23. The summed E-state index contributed by atoms with van der Waals surface area (Å²) in [5.41, 5.74) is 1.90. The molecule has 1 heterocycles. The maximum Gasteiger partial charge on any atom is 0.264 e. The van der Waals surface area contributed by atoms with E-state index in [-0.39, 0.29) is 13.2 Å². The topological polar surface area (TPSA) is 91.3 Å². The third-order valence-corrected chi connectivity index (χ3v) is 4.82. The molecule has 0 aromatic heterocycles. The summed E-state index contributed by atoms with van der Waals surface area (Å²) in [5, 5.41) is 10.2. The van der Waals surface area contributed by atoms with Gasteiger partial charge < -0.3 is 19.3 Å². The Morgan fingerprint density at radius 1 is 0.929 bits per heavy atom. The Kier molecular flexibility index (Phi) is 7.17. The van der Waals surface area contributed by atoms with Gasteiger partial charge in [-0.15, -0.1) is 0 Å². The second kappa shape index (κ2) is 9.60. The first-order valence-corrected chi connectivity index (χ1v) is 10.7.